The molecule has 0 saturated heterocycles. The summed E-state index contributed by atoms with van der Waals surface area (Å²) >= 11 is 4.43. The molecule has 20 heavy (non-hydrogen) atoms. The number of halogens is 1. The minimum absolute atomic E-state index is 0.149. The number of benzene rings is 1. The second kappa shape index (κ2) is 5.85. The third-order valence-corrected chi connectivity index (χ3v) is 6.39. The zero-order chi connectivity index (χ0) is 14.9. The van der Waals surface area contributed by atoms with Crippen molar-refractivity contribution < 1.29 is 13.5 Å². The molecule has 2 rings (SSSR count). The van der Waals surface area contributed by atoms with E-state index in [9.17, 15) is 8.42 Å². The van der Waals surface area contributed by atoms with Crippen LogP contribution in [0, 0.1) is 13.8 Å². The highest BCUT2D eigenvalue weighted by Crippen LogP contribution is 2.29. The molecule has 0 amide bonds. The number of aliphatic hydroxyl groups excluding tert-OH is 1. The highest BCUT2D eigenvalue weighted by molar-refractivity contribution is 9.10. The van der Waals surface area contributed by atoms with E-state index in [0.717, 1.165) is 26.9 Å². The van der Waals surface area contributed by atoms with Gasteiger partial charge >= 0.3 is 0 Å². The van der Waals surface area contributed by atoms with Crippen LogP contribution in [0.25, 0.3) is 0 Å². The molecule has 108 valence electrons. The normalized spacial score (nSPS) is 11.6. The highest BCUT2D eigenvalue weighted by atomic mass is 79.9. The third-order valence-electron chi connectivity index (χ3n) is 2.84. The lowest BCUT2D eigenvalue weighted by Crippen LogP contribution is -2.12. The van der Waals surface area contributed by atoms with E-state index in [1.54, 1.807) is 25.1 Å². The fraction of sp³-hybridized carbons (Fsp3) is 0.231. The molecule has 0 atom stereocenters. The maximum Gasteiger partial charge on any atom is 0.271 e. The fourth-order valence-corrected chi connectivity index (χ4v) is 4.77. The van der Waals surface area contributed by atoms with Crippen molar-refractivity contribution in [2.75, 3.05) is 4.72 Å². The van der Waals surface area contributed by atoms with E-state index in [4.69, 9.17) is 5.11 Å². The van der Waals surface area contributed by atoms with Gasteiger partial charge in [-0.25, -0.2) is 8.42 Å². The zero-order valence-electron chi connectivity index (χ0n) is 11.0. The number of thiophene rings is 1. The number of nitrogens with one attached hydrogen (secondary N) is 1. The predicted octanol–water partition coefficient (Wildman–Crippen LogP) is 3.42. The van der Waals surface area contributed by atoms with Gasteiger partial charge in [-0.05, 0) is 49.2 Å². The van der Waals surface area contributed by atoms with Crippen LogP contribution in [0.5, 0.6) is 0 Å². The van der Waals surface area contributed by atoms with Gasteiger partial charge in [-0.15, -0.1) is 11.3 Å². The Kier molecular flexibility index (Phi) is 4.53. The van der Waals surface area contributed by atoms with E-state index in [-0.39, 0.29) is 10.8 Å². The molecule has 0 bridgehead atoms. The van der Waals surface area contributed by atoms with Crippen LogP contribution in [0.2, 0.25) is 0 Å². The van der Waals surface area contributed by atoms with Gasteiger partial charge in [0, 0.05) is 9.35 Å². The Labute approximate surface area is 130 Å². The zero-order valence-corrected chi connectivity index (χ0v) is 14.2. The number of aryl methyl sites for hydroxylation is 2. The molecular weight excluding hydrogens is 362 g/mol. The average molecular weight is 376 g/mol. The molecule has 1 aromatic heterocycles. The first-order valence-corrected chi connectivity index (χ1v) is 8.92. The molecule has 0 radical (unpaired) electrons. The number of hydrogen-bond donors (Lipinski definition) is 2. The molecule has 7 heteroatoms. The second-order valence-corrected chi connectivity index (χ2v) is 8.36. The van der Waals surface area contributed by atoms with Crippen LogP contribution in [0.4, 0.5) is 5.69 Å². The van der Waals surface area contributed by atoms with Gasteiger partial charge in [0.25, 0.3) is 10.0 Å². The predicted molar refractivity (Wildman–Crippen MR) is 84.7 cm³/mol. The summed E-state index contributed by atoms with van der Waals surface area (Å²) in [5, 5.41) is 9.15. The van der Waals surface area contributed by atoms with Crippen LogP contribution in [0.3, 0.4) is 0 Å². The molecule has 0 spiro atoms. The van der Waals surface area contributed by atoms with Gasteiger partial charge in [0.1, 0.15) is 4.21 Å². The molecule has 0 aliphatic rings. The average Bonchev–Trinajstić information content (AvgIpc) is 2.75. The van der Waals surface area contributed by atoms with Crippen LogP contribution < -0.4 is 4.72 Å². The van der Waals surface area contributed by atoms with Crippen molar-refractivity contribution in [3.8, 4) is 0 Å². The van der Waals surface area contributed by atoms with Crippen LogP contribution in [-0.2, 0) is 16.6 Å². The SMILES string of the molecule is Cc1cc(Br)ccc1NS(=O)(=O)c1cc(C)c(CO)s1. The van der Waals surface area contributed by atoms with Crippen LogP contribution >= 0.6 is 27.3 Å². The molecule has 0 aliphatic heterocycles. The molecule has 1 heterocycles. The Morgan fingerprint density at radius 3 is 2.50 bits per heavy atom. The molecule has 0 fully saturated rings. The summed E-state index contributed by atoms with van der Waals surface area (Å²) in [5.74, 6) is 0. The maximum atomic E-state index is 12.3. The van der Waals surface area contributed by atoms with Gasteiger partial charge in [0.05, 0.1) is 12.3 Å². The molecule has 0 saturated carbocycles. The van der Waals surface area contributed by atoms with Gasteiger partial charge in [-0.1, -0.05) is 15.9 Å². The summed E-state index contributed by atoms with van der Waals surface area (Å²) < 4.78 is 28.3. The second-order valence-electron chi connectivity index (χ2n) is 4.39. The number of rotatable bonds is 4. The number of anilines is 1. The van der Waals surface area contributed by atoms with Crippen LogP contribution in [0.15, 0.2) is 32.9 Å². The first-order valence-electron chi connectivity index (χ1n) is 5.82. The molecule has 0 unspecified atom stereocenters. The molecule has 0 aliphatic carbocycles. The number of aliphatic hydroxyl groups is 1. The van der Waals surface area contributed by atoms with E-state index in [1.165, 1.54) is 0 Å². The molecular formula is C13H14BrNO3S2. The largest absolute Gasteiger partial charge is 0.391 e. The summed E-state index contributed by atoms with van der Waals surface area (Å²) in [7, 11) is -3.62. The van der Waals surface area contributed by atoms with E-state index in [2.05, 4.69) is 20.7 Å². The molecule has 2 N–H and O–H groups in total. The summed E-state index contributed by atoms with van der Waals surface area (Å²) in [6.45, 7) is 3.47. The van der Waals surface area contributed by atoms with Gasteiger partial charge < -0.3 is 5.11 Å². The number of hydrogen-bond acceptors (Lipinski definition) is 4. The number of sulfonamides is 1. The van der Waals surface area contributed by atoms with Gasteiger partial charge in [-0.2, -0.15) is 0 Å². The van der Waals surface area contributed by atoms with Crippen molar-refractivity contribution in [1.29, 1.82) is 0 Å². The summed E-state index contributed by atoms with van der Waals surface area (Å²) in [5.41, 5.74) is 2.16. The van der Waals surface area contributed by atoms with Crippen molar-refractivity contribution in [2.24, 2.45) is 0 Å². The van der Waals surface area contributed by atoms with Crippen LogP contribution in [0.1, 0.15) is 16.0 Å². The van der Waals surface area contributed by atoms with Gasteiger partial charge in [0.15, 0.2) is 0 Å². The Balaban J connectivity index is 2.35. The summed E-state index contributed by atoms with van der Waals surface area (Å²) in [4.78, 5) is 0.665. The molecule has 1 aromatic carbocycles. The first-order chi connectivity index (χ1) is 9.33. The van der Waals surface area contributed by atoms with Gasteiger partial charge in [-0.3, -0.25) is 4.72 Å². The Bertz CT molecular complexity index is 738. The highest BCUT2D eigenvalue weighted by Gasteiger charge is 2.19. The van der Waals surface area contributed by atoms with E-state index < -0.39 is 10.0 Å². The first kappa shape index (κ1) is 15.5. The summed E-state index contributed by atoms with van der Waals surface area (Å²) in [6, 6.07) is 6.91. The van der Waals surface area contributed by atoms with E-state index in [0.29, 0.717) is 10.6 Å². The smallest absolute Gasteiger partial charge is 0.271 e. The van der Waals surface area contributed by atoms with E-state index >= 15 is 0 Å². The summed E-state index contributed by atoms with van der Waals surface area (Å²) in [6.07, 6.45) is 0. The lowest BCUT2D eigenvalue weighted by atomic mass is 10.2. The third kappa shape index (κ3) is 3.22. The van der Waals surface area contributed by atoms with E-state index in [1.807, 2.05) is 13.0 Å². The van der Waals surface area contributed by atoms with Crippen molar-refractivity contribution in [2.45, 2.75) is 24.7 Å². The van der Waals surface area contributed by atoms with Crippen molar-refractivity contribution in [1.82, 2.24) is 0 Å². The lowest BCUT2D eigenvalue weighted by molar-refractivity contribution is 0.285. The van der Waals surface area contributed by atoms with Gasteiger partial charge in [0.2, 0.25) is 0 Å². The minimum Gasteiger partial charge on any atom is -0.391 e. The molecule has 2 aromatic rings. The Hall–Kier alpha value is -0.890. The molecule has 4 nitrogen and oxygen atoms in total. The topological polar surface area (TPSA) is 66.4 Å². The van der Waals surface area contributed by atoms with Crippen LogP contribution in [-0.4, -0.2) is 13.5 Å². The van der Waals surface area contributed by atoms with Crippen molar-refractivity contribution >= 4 is 43.0 Å². The van der Waals surface area contributed by atoms with Crippen molar-refractivity contribution in [3.63, 3.8) is 0 Å². The quantitative estimate of drug-likeness (QED) is 0.859. The van der Waals surface area contributed by atoms with Crippen molar-refractivity contribution in [3.05, 3.63) is 44.7 Å². The minimum atomic E-state index is -3.62. The lowest BCUT2D eigenvalue weighted by Gasteiger charge is -2.09. The standard InChI is InChI=1S/C13H14BrNO3S2/c1-8-5-10(14)3-4-11(8)15-20(17,18)13-6-9(2)12(7-16)19-13/h3-6,15-16H,7H2,1-2H3. The monoisotopic (exact) mass is 375 g/mol. The maximum absolute atomic E-state index is 12.3. The fourth-order valence-electron chi connectivity index (χ4n) is 1.71. The Morgan fingerprint density at radius 2 is 1.95 bits per heavy atom. The Morgan fingerprint density at radius 1 is 1.25 bits per heavy atom.